The molecule has 1 fully saturated rings. The highest BCUT2D eigenvalue weighted by atomic mass is 32.1. The zero-order chi connectivity index (χ0) is 18.6. The number of nitrogens with zero attached hydrogens (tertiary/aromatic N) is 4. The molecule has 140 valence electrons. The average molecular weight is 383 g/mol. The van der Waals surface area contributed by atoms with E-state index in [1.807, 2.05) is 29.6 Å². The first-order valence-electron chi connectivity index (χ1n) is 9.07. The number of likely N-dealkylation sites (tertiary alicyclic amines) is 1. The zero-order valence-corrected chi connectivity index (χ0v) is 16.0. The first-order valence-corrected chi connectivity index (χ1v) is 9.95. The van der Waals surface area contributed by atoms with Crippen molar-refractivity contribution in [3.63, 3.8) is 0 Å². The maximum Gasteiger partial charge on any atom is 0.257 e. The third-order valence-corrected chi connectivity index (χ3v) is 5.48. The molecular formula is C19H21N5O2S. The van der Waals surface area contributed by atoms with E-state index in [0.717, 1.165) is 25.2 Å². The van der Waals surface area contributed by atoms with Crippen molar-refractivity contribution in [3.8, 4) is 11.4 Å². The average Bonchev–Trinajstić information content (AvgIpc) is 3.31. The summed E-state index contributed by atoms with van der Waals surface area (Å²) in [5, 5.41) is 12.9. The molecule has 0 aliphatic carbocycles. The fourth-order valence-electron chi connectivity index (χ4n) is 3.31. The fourth-order valence-corrected chi connectivity index (χ4v) is 4.00. The molecule has 27 heavy (non-hydrogen) atoms. The van der Waals surface area contributed by atoms with Crippen LogP contribution in [0.2, 0.25) is 0 Å². The van der Waals surface area contributed by atoms with Crippen LogP contribution in [0.25, 0.3) is 11.4 Å². The van der Waals surface area contributed by atoms with Crippen LogP contribution in [0.3, 0.4) is 0 Å². The molecule has 0 unspecified atom stereocenters. The Hall–Kier alpha value is -2.58. The lowest BCUT2D eigenvalue weighted by atomic mass is 10.0. The van der Waals surface area contributed by atoms with E-state index in [9.17, 15) is 4.79 Å². The standard InChI is InChI=1S/C19H21N5O2S/c1-13-17(23-26-22-13)16-12-27-19(20-16)21-18(25)15-8-4-3-7-14(15)11-24-9-5-2-6-10-24/h3-4,7-8,12H,2,5-6,9-11H2,1H3,(H,20,21,25). The van der Waals surface area contributed by atoms with Crippen LogP contribution in [-0.4, -0.2) is 39.2 Å². The Morgan fingerprint density at radius 1 is 1.22 bits per heavy atom. The van der Waals surface area contributed by atoms with Gasteiger partial charge in [-0.15, -0.1) is 11.3 Å². The van der Waals surface area contributed by atoms with Crippen LogP contribution >= 0.6 is 11.3 Å². The SMILES string of the molecule is Cc1nonc1-c1csc(NC(=O)c2ccccc2CN2CCCCC2)n1. The number of hydrogen-bond donors (Lipinski definition) is 1. The zero-order valence-electron chi connectivity index (χ0n) is 15.1. The lowest BCUT2D eigenvalue weighted by Crippen LogP contribution is -2.30. The lowest BCUT2D eigenvalue weighted by Gasteiger charge is -2.27. The number of aromatic nitrogens is 3. The first-order chi connectivity index (χ1) is 13.2. The number of hydrogen-bond acceptors (Lipinski definition) is 7. The maximum atomic E-state index is 12.8. The van der Waals surface area contributed by atoms with E-state index in [-0.39, 0.29) is 5.91 Å². The minimum Gasteiger partial charge on any atom is -0.299 e. The Kier molecular flexibility index (Phi) is 5.26. The second kappa shape index (κ2) is 7.98. The number of rotatable bonds is 5. The van der Waals surface area contributed by atoms with Crippen molar-refractivity contribution in [2.75, 3.05) is 18.4 Å². The van der Waals surface area contributed by atoms with Gasteiger partial charge in [-0.1, -0.05) is 29.8 Å². The Bertz CT molecular complexity index is 930. The Morgan fingerprint density at radius 2 is 2.04 bits per heavy atom. The van der Waals surface area contributed by atoms with Gasteiger partial charge in [0.2, 0.25) is 0 Å². The molecule has 7 nitrogen and oxygen atoms in total. The monoisotopic (exact) mass is 383 g/mol. The molecule has 1 N–H and O–H groups in total. The molecule has 0 radical (unpaired) electrons. The molecule has 1 aliphatic heterocycles. The van der Waals surface area contributed by atoms with Crippen molar-refractivity contribution in [3.05, 3.63) is 46.5 Å². The van der Waals surface area contributed by atoms with Gasteiger partial charge in [0.1, 0.15) is 11.4 Å². The van der Waals surface area contributed by atoms with Crippen molar-refractivity contribution >= 4 is 22.4 Å². The van der Waals surface area contributed by atoms with Gasteiger partial charge in [-0.25, -0.2) is 9.61 Å². The largest absolute Gasteiger partial charge is 0.299 e. The molecule has 1 amide bonds. The summed E-state index contributed by atoms with van der Waals surface area (Å²) in [6, 6.07) is 7.78. The van der Waals surface area contributed by atoms with E-state index in [0.29, 0.717) is 27.8 Å². The number of aryl methyl sites for hydroxylation is 1. The van der Waals surface area contributed by atoms with Gasteiger partial charge in [-0.05, 0) is 49.6 Å². The van der Waals surface area contributed by atoms with Gasteiger partial charge in [-0.2, -0.15) is 0 Å². The molecule has 2 aromatic heterocycles. The minimum absolute atomic E-state index is 0.140. The molecule has 1 aliphatic rings. The molecule has 8 heteroatoms. The van der Waals surface area contributed by atoms with Crippen LogP contribution in [-0.2, 0) is 6.54 Å². The van der Waals surface area contributed by atoms with Crippen LogP contribution in [0.1, 0.15) is 40.9 Å². The van der Waals surface area contributed by atoms with Gasteiger partial charge in [0.05, 0.1) is 0 Å². The summed E-state index contributed by atoms with van der Waals surface area (Å²) in [7, 11) is 0. The number of anilines is 1. The van der Waals surface area contributed by atoms with Crippen molar-refractivity contribution in [1.82, 2.24) is 20.2 Å². The molecular weight excluding hydrogens is 362 g/mol. The number of amides is 1. The fraction of sp³-hybridized carbons (Fsp3) is 0.368. The number of thiazole rings is 1. The van der Waals surface area contributed by atoms with Gasteiger partial charge in [-0.3, -0.25) is 15.0 Å². The predicted octanol–water partition coefficient (Wildman–Crippen LogP) is 3.74. The second-order valence-corrected chi connectivity index (χ2v) is 7.54. The predicted molar refractivity (Wildman–Crippen MR) is 104 cm³/mol. The van der Waals surface area contributed by atoms with Gasteiger partial charge in [0.25, 0.3) is 5.91 Å². The molecule has 1 saturated heterocycles. The Labute approximate surface area is 161 Å². The maximum absolute atomic E-state index is 12.8. The molecule has 0 bridgehead atoms. The van der Waals surface area contributed by atoms with E-state index in [2.05, 4.69) is 25.5 Å². The summed E-state index contributed by atoms with van der Waals surface area (Å²) in [6.45, 7) is 4.80. The first kappa shape index (κ1) is 17.8. The van der Waals surface area contributed by atoms with E-state index >= 15 is 0 Å². The molecule has 3 aromatic rings. The summed E-state index contributed by atoms with van der Waals surface area (Å²) < 4.78 is 4.72. The summed E-state index contributed by atoms with van der Waals surface area (Å²) in [5.74, 6) is -0.140. The molecule has 1 aromatic carbocycles. The molecule has 4 rings (SSSR count). The summed E-state index contributed by atoms with van der Waals surface area (Å²) >= 11 is 1.36. The van der Waals surface area contributed by atoms with Crippen LogP contribution in [0.5, 0.6) is 0 Å². The lowest BCUT2D eigenvalue weighted by molar-refractivity contribution is 0.102. The van der Waals surface area contributed by atoms with Crippen LogP contribution in [0.4, 0.5) is 5.13 Å². The molecule has 3 heterocycles. The summed E-state index contributed by atoms with van der Waals surface area (Å²) in [6.07, 6.45) is 3.75. The quantitative estimate of drug-likeness (QED) is 0.722. The Balaban J connectivity index is 1.49. The molecule has 0 atom stereocenters. The van der Waals surface area contributed by atoms with Gasteiger partial charge < -0.3 is 0 Å². The van der Waals surface area contributed by atoms with Crippen LogP contribution in [0, 0.1) is 6.92 Å². The third-order valence-electron chi connectivity index (χ3n) is 4.72. The van der Waals surface area contributed by atoms with Crippen molar-refractivity contribution in [2.45, 2.75) is 32.7 Å². The Morgan fingerprint density at radius 3 is 2.81 bits per heavy atom. The third kappa shape index (κ3) is 4.06. The van der Waals surface area contributed by atoms with Crippen molar-refractivity contribution < 1.29 is 9.42 Å². The minimum atomic E-state index is -0.140. The van der Waals surface area contributed by atoms with Gasteiger partial charge in [0.15, 0.2) is 10.8 Å². The smallest absolute Gasteiger partial charge is 0.257 e. The van der Waals surface area contributed by atoms with Crippen LogP contribution in [0.15, 0.2) is 34.3 Å². The van der Waals surface area contributed by atoms with Gasteiger partial charge >= 0.3 is 0 Å². The number of carbonyl (C=O) groups is 1. The number of nitrogens with one attached hydrogen (secondary N) is 1. The highest BCUT2D eigenvalue weighted by Gasteiger charge is 2.18. The number of piperidine rings is 1. The summed E-state index contributed by atoms with van der Waals surface area (Å²) in [5.41, 5.74) is 3.65. The van der Waals surface area contributed by atoms with Gasteiger partial charge in [0, 0.05) is 17.5 Å². The summed E-state index contributed by atoms with van der Waals surface area (Å²) in [4.78, 5) is 19.7. The highest BCUT2D eigenvalue weighted by Crippen LogP contribution is 2.26. The number of carbonyl (C=O) groups excluding carboxylic acids is 1. The molecule has 0 saturated carbocycles. The van der Waals surface area contributed by atoms with E-state index in [1.54, 1.807) is 6.92 Å². The normalized spacial score (nSPS) is 15.0. The van der Waals surface area contributed by atoms with E-state index in [1.165, 1.54) is 30.6 Å². The molecule has 0 spiro atoms. The van der Waals surface area contributed by atoms with E-state index in [4.69, 9.17) is 4.63 Å². The van der Waals surface area contributed by atoms with Crippen molar-refractivity contribution in [2.24, 2.45) is 0 Å². The number of benzene rings is 1. The van der Waals surface area contributed by atoms with E-state index < -0.39 is 0 Å². The topological polar surface area (TPSA) is 84.2 Å². The van der Waals surface area contributed by atoms with Crippen molar-refractivity contribution in [1.29, 1.82) is 0 Å². The second-order valence-electron chi connectivity index (χ2n) is 6.68. The highest BCUT2D eigenvalue weighted by molar-refractivity contribution is 7.14. The van der Waals surface area contributed by atoms with Crippen LogP contribution < -0.4 is 5.32 Å².